The highest BCUT2D eigenvalue weighted by atomic mass is 32.2. The Morgan fingerprint density at radius 1 is 1.29 bits per heavy atom. The van der Waals surface area contributed by atoms with E-state index in [-0.39, 0.29) is 0 Å². The molecule has 7 heteroatoms. The molecule has 0 aromatic carbocycles. The Bertz CT molecular complexity index is 594. The van der Waals surface area contributed by atoms with E-state index >= 15 is 0 Å². The number of hydrogen-bond acceptors (Lipinski definition) is 4. The zero-order chi connectivity index (χ0) is 15.6. The van der Waals surface area contributed by atoms with Gasteiger partial charge in [0.1, 0.15) is 4.90 Å². The Labute approximate surface area is 127 Å². The maximum absolute atomic E-state index is 12.9. The predicted octanol–water partition coefficient (Wildman–Crippen LogP) is 1.27. The van der Waals surface area contributed by atoms with Gasteiger partial charge in [-0.3, -0.25) is 4.68 Å². The summed E-state index contributed by atoms with van der Waals surface area (Å²) in [6.45, 7) is 7.95. The second-order valence-corrected chi connectivity index (χ2v) is 7.83. The second kappa shape index (κ2) is 6.46. The summed E-state index contributed by atoms with van der Waals surface area (Å²) in [6, 6.07) is 0. The van der Waals surface area contributed by atoms with Crippen LogP contribution in [0.3, 0.4) is 0 Å². The lowest BCUT2D eigenvalue weighted by Crippen LogP contribution is -2.32. The Balaban J connectivity index is 2.35. The molecule has 0 aliphatic carbocycles. The Kier molecular flexibility index (Phi) is 5.06. The summed E-state index contributed by atoms with van der Waals surface area (Å²) >= 11 is 0. The van der Waals surface area contributed by atoms with Crippen LogP contribution in [0.1, 0.15) is 37.6 Å². The summed E-state index contributed by atoms with van der Waals surface area (Å²) in [7, 11) is -3.46. The summed E-state index contributed by atoms with van der Waals surface area (Å²) in [5.41, 5.74) is 6.81. The molecule has 1 atom stereocenters. The van der Waals surface area contributed by atoms with E-state index in [9.17, 15) is 8.42 Å². The first-order valence-corrected chi connectivity index (χ1v) is 9.06. The maximum atomic E-state index is 12.9. The van der Waals surface area contributed by atoms with Crippen LogP contribution in [0, 0.1) is 19.8 Å². The third kappa shape index (κ3) is 3.30. The molecule has 1 aromatic heterocycles. The van der Waals surface area contributed by atoms with Gasteiger partial charge in [0.15, 0.2) is 0 Å². The number of aromatic nitrogens is 2. The van der Waals surface area contributed by atoms with Gasteiger partial charge in [-0.15, -0.1) is 0 Å². The van der Waals surface area contributed by atoms with Gasteiger partial charge in [-0.25, -0.2) is 8.42 Å². The third-order valence-electron chi connectivity index (χ3n) is 4.23. The number of rotatable bonds is 4. The quantitative estimate of drug-likeness (QED) is 0.907. The van der Waals surface area contributed by atoms with Crippen molar-refractivity contribution in [2.75, 3.05) is 19.6 Å². The van der Waals surface area contributed by atoms with E-state index in [1.165, 1.54) is 0 Å². The Morgan fingerprint density at radius 2 is 2.00 bits per heavy atom. The molecular weight excluding hydrogens is 288 g/mol. The highest BCUT2D eigenvalue weighted by Crippen LogP contribution is 2.27. The van der Waals surface area contributed by atoms with Gasteiger partial charge >= 0.3 is 0 Å². The number of sulfonamides is 1. The molecule has 0 bridgehead atoms. The molecule has 1 saturated heterocycles. The van der Waals surface area contributed by atoms with Crippen LogP contribution >= 0.6 is 0 Å². The highest BCUT2D eigenvalue weighted by Gasteiger charge is 2.31. The largest absolute Gasteiger partial charge is 0.329 e. The molecule has 1 aliphatic rings. The normalized spacial score (nSPS) is 21.4. The molecule has 0 spiro atoms. The molecule has 120 valence electrons. The van der Waals surface area contributed by atoms with Crippen molar-refractivity contribution in [1.29, 1.82) is 0 Å². The molecule has 1 unspecified atom stereocenters. The van der Waals surface area contributed by atoms with E-state index in [1.54, 1.807) is 15.9 Å². The summed E-state index contributed by atoms with van der Waals surface area (Å²) < 4.78 is 29.2. The number of nitrogens with two attached hydrogens (primary N) is 1. The van der Waals surface area contributed by atoms with Crippen LogP contribution in [0.5, 0.6) is 0 Å². The molecular formula is C14H26N4O2S. The fraction of sp³-hybridized carbons (Fsp3) is 0.786. The highest BCUT2D eigenvalue weighted by molar-refractivity contribution is 7.89. The van der Waals surface area contributed by atoms with Gasteiger partial charge in [0.25, 0.3) is 0 Å². The first-order valence-electron chi connectivity index (χ1n) is 7.62. The van der Waals surface area contributed by atoms with Gasteiger partial charge in [-0.2, -0.15) is 9.40 Å². The van der Waals surface area contributed by atoms with Crippen LogP contribution < -0.4 is 5.73 Å². The van der Waals surface area contributed by atoms with Crippen molar-refractivity contribution in [1.82, 2.24) is 14.1 Å². The molecule has 0 amide bonds. The van der Waals surface area contributed by atoms with E-state index < -0.39 is 10.0 Å². The second-order valence-electron chi connectivity index (χ2n) is 5.95. The summed E-state index contributed by atoms with van der Waals surface area (Å²) in [4.78, 5) is 0.366. The van der Waals surface area contributed by atoms with Gasteiger partial charge in [-0.1, -0.05) is 6.92 Å². The Morgan fingerprint density at radius 3 is 2.67 bits per heavy atom. The van der Waals surface area contributed by atoms with Crippen LogP contribution in [0.4, 0.5) is 0 Å². The fourth-order valence-electron chi connectivity index (χ4n) is 3.00. The first-order chi connectivity index (χ1) is 9.87. The molecule has 0 saturated carbocycles. The fourth-order valence-corrected chi connectivity index (χ4v) is 4.87. The minimum absolute atomic E-state index is 0.366. The van der Waals surface area contributed by atoms with E-state index in [0.29, 0.717) is 48.4 Å². The number of aryl methyl sites for hydroxylation is 1. The van der Waals surface area contributed by atoms with E-state index in [4.69, 9.17) is 5.73 Å². The minimum atomic E-state index is -3.46. The molecule has 6 nitrogen and oxygen atoms in total. The maximum Gasteiger partial charge on any atom is 0.246 e. The molecule has 1 aliphatic heterocycles. The van der Waals surface area contributed by atoms with Gasteiger partial charge in [-0.05, 0) is 39.0 Å². The molecule has 21 heavy (non-hydrogen) atoms. The van der Waals surface area contributed by atoms with E-state index in [2.05, 4.69) is 12.0 Å². The monoisotopic (exact) mass is 314 g/mol. The van der Waals surface area contributed by atoms with Crippen molar-refractivity contribution >= 4 is 10.0 Å². The number of nitrogens with zero attached hydrogens (tertiary/aromatic N) is 3. The van der Waals surface area contributed by atoms with Crippen molar-refractivity contribution in [3.63, 3.8) is 0 Å². The molecule has 1 aromatic rings. The van der Waals surface area contributed by atoms with Crippen LogP contribution in [0.2, 0.25) is 0 Å². The number of hydrogen-bond donors (Lipinski definition) is 1. The lowest BCUT2D eigenvalue weighted by atomic mass is 10.0. The summed E-state index contributed by atoms with van der Waals surface area (Å²) in [5, 5.41) is 4.33. The zero-order valence-electron chi connectivity index (χ0n) is 13.2. The van der Waals surface area contributed by atoms with Crippen molar-refractivity contribution in [2.24, 2.45) is 11.7 Å². The lowest BCUT2D eigenvalue weighted by molar-refractivity contribution is 0.416. The predicted molar refractivity (Wildman–Crippen MR) is 82.5 cm³/mol. The van der Waals surface area contributed by atoms with E-state index in [1.807, 2.05) is 6.92 Å². The van der Waals surface area contributed by atoms with Crippen molar-refractivity contribution in [3.05, 3.63) is 11.4 Å². The summed E-state index contributed by atoms with van der Waals surface area (Å²) in [5.74, 6) is 0.590. The molecule has 2 rings (SSSR count). The molecule has 0 radical (unpaired) electrons. The van der Waals surface area contributed by atoms with Crippen LogP contribution in [0.15, 0.2) is 4.90 Å². The SMILES string of the molecule is Cc1nn(CCN)c(C)c1S(=O)(=O)N1CCCC(C)CC1. The zero-order valence-corrected chi connectivity index (χ0v) is 14.0. The first kappa shape index (κ1) is 16.5. The molecule has 2 N–H and O–H groups in total. The average Bonchev–Trinajstić information content (AvgIpc) is 2.59. The van der Waals surface area contributed by atoms with Crippen molar-refractivity contribution in [3.8, 4) is 0 Å². The smallest absolute Gasteiger partial charge is 0.246 e. The molecule has 2 heterocycles. The lowest BCUT2D eigenvalue weighted by Gasteiger charge is -2.20. The van der Waals surface area contributed by atoms with Gasteiger partial charge in [0.05, 0.1) is 17.9 Å². The molecule has 1 fully saturated rings. The summed E-state index contributed by atoms with van der Waals surface area (Å²) in [6.07, 6.45) is 2.94. The van der Waals surface area contributed by atoms with Gasteiger partial charge < -0.3 is 5.73 Å². The Hall–Kier alpha value is -0.920. The van der Waals surface area contributed by atoms with Gasteiger partial charge in [0, 0.05) is 19.6 Å². The average molecular weight is 314 g/mol. The van der Waals surface area contributed by atoms with E-state index in [0.717, 1.165) is 19.3 Å². The third-order valence-corrected chi connectivity index (χ3v) is 6.38. The van der Waals surface area contributed by atoms with Crippen molar-refractivity contribution in [2.45, 2.75) is 51.5 Å². The van der Waals surface area contributed by atoms with Crippen LogP contribution in [-0.4, -0.2) is 42.1 Å². The van der Waals surface area contributed by atoms with Crippen molar-refractivity contribution < 1.29 is 8.42 Å². The standard InChI is InChI=1S/C14H26N4O2S/c1-11-5-4-8-17(9-6-11)21(19,20)14-12(2)16-18(10-7-15)13(14)3/h11H,4-10,15H2,1-3H3. The topological polar surface area (TPSA) is 81.2 Å². The van der Waals surface area contributed by atoms with Gasteiger partial charge in [0.2, 0.25) is 10.0 Å². The van der Waals surface area contributed by atoms with Crippen LogP contribution in [-0.2, 0) is 16.6 Å². The van der Waals surface area contributed by atoms with Crippen LogP contribution in [0.25, 0.3) is 0 Å². The minimum Gasteiger partial charge on any atom is -0.329 e.